The quantitative estimate of drug-likeness (QED) is 0.190. The van der Waals surface area contributed by atoms with E-state index in [1.54, 1.807) is 0 Å². The van der Waals surface area contributed by atoms with Crippen LogP contribution in [0.25, 0.3) is 0 Å². The van der Waals surface area contributed by atoms with E-state index in [1.807, 2.05) is 0 Å². The monoisotopic (exact) mass is 687 g/mol. The zero-order valence-electron chi connectivity index (χ0n) is 24.3. The summed E-state index contributed by atoms with van der Waals surface area (Å²) in [6, 6.07) is 11.0. The first-order valence-corrected chi connectivity index (χ1v) is 13.6. The van der Waals surface area contributed by atoms with Gasteiger partial charge in [0.05, 0.1) is 12.7 Å². The smallest absolute Gasteiger partial charge is 0.444 e. The van der Waals surface area contributed by atoms with Gasteiger partial charge in [-0.3, -0.25) is 14.7 Å². The van der Waals surface area contributed by atoms with Gasteiger partial charge in [0.1, 0.15) is 30.1 Å². The summed E-state index contributed by atoms with van der Waals surface area (Å²) in [6.07, 6.45) is -10.1. The third-order valence-corrected chi connectivity index (χ3v) is 6.03. The molecule has 0 aliphatic carbocycles. The van der Waals surface area contributed by atoms with Crippen LogP contribution in [0, 0.1) is 0 Å². The molecule has 256 valence electrons. The predicted octanol–water partition coefficient (Wildman–Crippen LogP) is 4.74. The molecule has 2 N–H and O–H groups in total. The molecule has 2 aromatic carbocycles. The van der Waals surface area contributed by atoms with Crippen molar-refractivity contribution in [2.75, 3.05) is 5.32 Å². The number of carbonyl (C=O) groups excluding carboxylic acids is 2. The molecule has 0 saturated heterocycles. The van der Waals surface area contributed by atoms with Gasteiger partial charge in [-0.15, -0.1) is 31.4 Å². The van der Waals surface area contributed by atoms with Crippen molar-refractivity contribution in [2.45, 2.75) is 51.6 Å². The Morgan fingerprint density at radius 2 is 1.56 bits per heavy atom. The molecule has 2 heterocycles. The van der Waals surface area contributed by atoms with Gasteiger partial charge in [0, 0.05) is 19.3 Å². The molecule has 1 atom stereocenters. The van der Waals surface area contributed by atoms with E-state index < -0.39 is 54.7 Å². The van der Waals surface area contributed by atoms with Gasteiger partial charge >= 0.3 is 24.5 Å². The van der Waals surface area contributed by atoms with Gasteiger partial charge in [-0.05, 0) is 47.9 Å². The minimum absolute atomic E-state index is 0.118. The van der Waals surface area contributed by atoms with Crippen molar-refractivity contribution >= 4 is 17.8 Å². The lowest BCUT2D eigenvalue weighted by Crippen LogP contribution is -2.26. The Kier molecular flexibility index (Phi) is 11.2. The van der Waals surface area contributed by atoms with Gasteiger partial charge in [0.15, 0.2) is 5.69 Å². The number of nitrogens with one attached hydrogen (secondary N) is 2. The molecule has 2 amide bonds. The van der Waals surface area contributed by atoms with Crippen LogP contribution in [0.5, 0.6) is 11.5 Å². The third kappa shape index (κ3) is 11.6. The van der Waals surface area contributed by atoms with Crippen molar-refractivity contribution in [3.8, 4) is 11.5 Å². The summed E-state index contributed by atoms with van der Waals surface area (Å²) < 4.78 is 104. The van der Waals surface area contributed by atoms with Crippen LogP contribution in [0.15, 0.2) is 71.8 Å². The Morgan fingerprint density at radius 3 is 2.21 bits per heavy atom. The first kappa shape index (κ1) is 35.2. The number of nitrogens with zero attached hydrogens (tertiary/aromatic N) is 5. The van der Waals surface area contributed by atoms with Crippen molar-refractivity contribution in [2.24, 2.45) is 0 Å². The highest BCUT2D eigenvalue weighted by Gasteiger charge is 2.32. The number of anilines is 1. The van der Waals surface area contributed by atoms with Crippen LogP contribution in [-0.2, 0) is 31.0 Å². The molecule has 13 nitrogen and oxygen atoms in total. The molecular weight excluding hydrogens is 663 g/mol. The Balaban J connectivity index is 1.20. The van der Waals surface area contributed by atoms with Crippen molar-refractivity contribution in [1.82, 2.24) is 29.9 Å². The van der Waals surface area contributed by atoms with Gasteiger partial charge in [-0.2, -0.15) is 4.98 Å². The fourth-order valence-corrected chi connectivity index (χ4v) is 3.98. The molecule has 2 aromatic heterocycles. The normalized spacial score (nSPS) is 12.2. The third-order valence-electron chi connectivity index (χ3n) is 6.03. The Hall–Kier alpha value is -5.69. The average molecular weight is 688 g/mol. The highest BCUT2D eigenvalue weighted by atomic mass is 19.4. The van der Waals surface area contributed by atoms with Crippen molar-refractivity contribution in [3.63, 3.8) is 0 Å². The second kappa shape index (κ2) is 15.3. The van der Waals surface area contributed by atoms with E-state index in [4.69, 9.17) is 4.74 Å². The van der Waals surface area contributed by atoms with E-state index in [0.717, 1.165) is 33.5 Å². The second-order valence-corrected chi connectivity index (χ2v) is 9.77. The molecule has 0 aliphatic heterocycles. The zero-order valence-corrected chi connectivity index (χ0v) is 24.3. The van der Waals surface area contributed by atoms with E-state index in [0.29, 0.717) is 5.56 Å². The topological polar surface area (TPSA) is 151 Å². The zero-order chi connectivity index (χ0) is 34.9. The largest absolute Gasteiger partial charge is 0.573 e. The Labute approximate surface area is 265 Å². The van der Waals surface area contributed by atoms with Gasteiger partial charge in [0.2, 0.25) is 0 Å². The predicted molar refractivity (Wildman–Crippen MR) is 149 cm³/mol. The van der Waals surface area contributed by atoms with Gasteiger partial charge in [-0.25, -0.2) is 18.7 Å². The summed E-state index contributed by atoms with van der Waals surface area (Å²) >= 11 is 0. The fourth-order valence-electron chi connectivity index (χ4n) is 3.98. The Bertz CT molecular complexity index is 1780. The van der Waals surface area contributed by atoms with Gasteiger partial charge in [0.25, 0.3) is 5.91 Å². The maximum Gasteiger partial charge on any atom is 0.573 e. The van der Waals surface area contributed by atoms with Crippen molar-refractivity contribution in [1.29, 1.82) is 0 Å². The lowest BCUT2D eigenvalue weighted by atomic mass is 10.2. The lowest BCUT2D eigenvalue weighted by molar-refractivity contribution is -0.275. The van der Waals surface area contributed by atoms with Gasteiger partial charge < -0.3 is 19.5 Å². The van der Waals surface area contributed by atoms with E-state index in [2.05, 4.69) is 35.4 Å². The molecule has 4 rings (SSSR count). The van der Waals surface area contributed by atoms with Crippen LogP contribution >= 0.6 is 0 Å². The highest BCUT2D eigenvalue weighted by Crippen LogP contribution is 2.24. The standard InChI is InChI=1S/C28H24F7N7O6/c29-19(14-42-15-22(39-40-42)24(43)36-13-17-3-1-5-20(11-17)47-27(30,31)32)7-9-41-10-8-23(37-25(41)44)38-26(45)46-16-18-4-2-6-21(12-18)48-28(33,34)35/h1-6,8,10-12,15,19H,7,9,13-14,16H2,(H,36,43)(H,37,38,44,45). The van der Waals surface area contributed by atoms with E-state index in [1.165, 1.54) is 42.7 Å². The van der Waals surface area contributed by atoms with Crippen LogP contribution in [0.3, 0.4) is 0 Å². The van der Waals surface area contributed by atoms with Crippen LogP contribution in [-0.4, -0.2) is 55.4 Å². The molecule has 4 aromatic rings. The maximum atomic E-state index is 14.7. The number of carbonyl (C=O) groups is 2. The van der Waals surface area contributed by atoms with E-state index in [-0.39, 0.29) is 43.1 Å². The molecule has 0 saturated carbocycles. The minimum atomic E-state index is -4.89. The summed E-state index contributed by atoms with van der Waals surface area (Å²) in [5.41, 5.74) is -0.481. The summed E-state index contributed by atoms with van der Waals surface area (Å²) in [5, 5.41) is 12.0. The summed E-state index contributed by atoms with van der Waals surface area (Å²) in [5.74, 6) is -1.85. The molecule has 0 aliphatic rings. The summed E-state index contributed by atoms with van der Waals surface area (Å²) in [7, 11) is 0. The molecule has 0 spiro atoms. The second-order valence-electron chi connectivity index (χ2n) is 9.77. The minimum Gasteiger partial charge on any atom is -0.444 e. The van der Waals surface area contributed by atoms with Crippen LogP contribution in [0.4, 0.5) is 41.3 Å². The number of aromatic nitrogens is 5. The number of hydrogen-bond donors (Lipinski definition) is 2. The lowest BCUT2D eigenvalue weighted by Gasteiger charge is -2.11. The number of benzene rings is 2. The molecule has 1 unspecified atom stereocenters. The number of hydrogen-bond acceptors (Lipinski definition) is 9. The van der Waals surface area contributed by atoms with E-state index in [9.17, 15) is 45.1 Å². The van der Waals surface area contributed by atoms with Crippen molar-refractivity contribution in [3.05, 3.63) is 94.3 Å². The molecule has 48 heavy (non-hydrogen) atoms. The summed E-state index contributed by atoms with van der Waals surface area (Å²) in [6.45, 7) is -1.00. The average Bonchev–Trinajstić information content (AvgIpc) is 3.45. The van der Waals surface area contributed by atoms with Crippen LogP contribution < -0.4 is 25.8 Å². The maximum absolute atomic E-state index is 14.7. The summed E-state index contributed by atoms with van der Waals surface area (Å²) in [4.78, 5) is 40.5. The molecular formula is C28H24F7N7O6. The molecule has 0 radical (unpaired) electrons. The highest BCUT2D eigenvalue weighted by molar-refractivity contribution is 5.91. The van der Waals surface area contributed by atoms with Crippen LogP contribution in [0.2, 0.25) is 0 Å². The van der Waals surface area contributed by atoms with Gasteiger partial charge in [-0.1, -0.05) is 29.5 Å². The number of halogens is 7. The first-order valence-electron chi connectivity index (χ1n) is 13.6. The van der Waals surface area contributed by atoms with E-state index >= 15 is 0 Å². The number of rotatable bonds is 13. The van der Waals surface area contributed by atoms with Crippen LogP contribution in [0.1, 0.15) is 28.0 Å². The number of alkyl halides is 7. The molecule has 20 heteroatoms. The Morgan fingerprint density at radius 1 is 0.917 bits per heavy atom. The number of ether oxygens (including phenoxy) is 3. The molecule has 0 bridgehead atoms. The van der Waals surface area contributed by atoms with Crippen molar-refractivity contribution < 1.29 is 54.5 Å². The fraction of sp³-hybridized carbons (Fsp3) is 0.286. The number of aryl methyl sites for hydroxylation is 1. The molecule has 0 fully saturated rings. The first-order chi connectivity index (χ1) is 22.6. The number of amides is 2. The SMILES string of the molecule is O=C(Nc1ccn(CCC(F)Cn2cc(C(=O)NCc3cccc(OC(F)(F)F)c3)nn2)c(=O)n1)OCc1cccc(OC(F)(F)F)c1.